The molecule has 0 radical (unpaired) electrons. The van der Waals surface area contributed by atoms with Crippen LogP contribution in [0.4, 0.5) is 10.8 Å². The van der Waals surface area contributed by atoms with Gasteiger partial charge in [-0.25, -0.2) is 0 Å². The first-order valence-corrected chi connectivity index (χ1v) is 13.5. The number of Topliss-reactive ketones (excluding diaryl/α,β-unsaturated/α-hetero) is 1. The van der Waals surface area contributed by atoms with E-state index in [0.717, 1.165) is 16.9 Å². The summed E-state index contributed by atoms with van der Waals surface area (Å²) < 4.78 is 6.41. The number of aromatic nitrogens is 2. The Morgan fingerprint density at radius 2 is 2.14 bits per heavy atom. The number of carbonyl (C=O) groups excluding carboxylic acids is 2. The Morgan fingerprint density at radius 3 is 2.86 bits per heavy atom. The van der Waals surface area contributed by atoms with E-state index in [4.69, 9.17) is 10.2 Å². The van der Waals surface area contributed by atoms with Crippen LogP contribution in [0.2, 0.25) is 0 Å². The first kappa shape index (κ1) is 24.8. The van der Waals surface area contributed by atoms with Crippen molar-refractivity contribution in [3.63, 3.8) is 0 Å². The van der Waals surface area contributed by atoms with Crippen molar-refractivity contribution in [2.24, 2.45) is 5.73 Å². The molecule has 0 saturated heterocycles. The number of amides is 1. The van der Waals surface area contributed by atoms with Gasteiger partial charge in [0.2, 0.25) is 11.0 Å². The number of hydrogen-bond acceptors (Lipinski definition) is 10. The number of aryl methyl sites for hydroxylation is 2. The van der Waals surface area contributed by atoms with Crippen LogP contribution in [0, 0.1) is 25.2 Å². The van der Waals surface area contributed by atoms with Crippen molar-refractivity contribution in [2.75, 3.05) is 16.0 Å². The molecule has 3 aromatic rings. The fourth-order valence-corrected chi connectivity index (χ4v) is 6.28. The Labute approximate surface area is 222 Å². The summed E-state index contributed by atoms with van der Waals surface area (Å²) in [6.45, 7) is 3.78. The second-order valence-electron chi connectivity index (χ2n) is 8.82. The maximum atomic E-state index is 13.1. The molecule has 5 rings (SSSR count). The second kappa shape index (κ2) is 10.2. The molecule has 11 heteroatoms. The molecule has 9 nitrogen and oxygen atoms in total. The van der Waals surface area contributed by atoms with E-state index in [-0.39, 0.29) is 28.8 Å². The summed E-state index contributed by atoms with van der Waals surface area (Å²) in [6.07, 6.45) is 1.68. The number of allylic oxidation sites excluding steroid dienone is 3. The molecule has 37 heavy (non-hydrogen) atoms. The minimum Gasteiger partial charge on any atom is -0.465 e. The van der Waals surface area contributed by atoms with Gasteiger partial charge >= 0.3 is 0 Å². The summed E-state index contributed by atoms with van der Waals surface area (Å²) in [6, 6.07) is 13.4. The van der Waals surface area contributed by atoms with E-state index in [1.165, 1.54) is 23.1 Å². The maximum absolute atomic E-state index is 13.1. The number of nitrogens with zero attached hydrogens (tertiary/aromatic N) is 4. The lowest BCUT2D eigenvalue weighted by Gasteiger charge is -2.37. The molecule has 188 valence electrons. The lowest BCUT2D eigenvalue weighted by Crippen LogP contribution is -2.38. The molecular weight excluding hydrogens is 508 g/mol. The highest BCUT2D eigenvalue weighted by Gasteiger charge is 2.42. The molecule has 0 saturated carbocycles. The predicted molar refractivity (Wildman–Crippen MR) is 142 cm³/mol. The van der Waals surface area contributed by atoms with Crippen molar-refractivity contribution in [1.29, 1.82) is 5.26 Å². The average molecular weight is 533 g/mol. The molecule has 1 aliphatic carbocycles. The first-order valence-electron chi connectivity index (χ1n) is 11.7. The van der Waals surface area contributed by atoms with E-state index in [1.54, 1.807) is 11.0 Å². The van der Waals surface area contributed by atoms with Gasteiger partial charge in [0.05, 0.1) is 23.3 Å². The van der Waals surface area contributed by atoms with E-state index < -0.39 is 5.92 Å². The highest BCUT2D eigenvalue weighted by atomic mass is 32.2. The molecule has 3 N–H and O–H groups in total. The maximum Gasteiger partial charge on any atom is 0.234 e. The van der Waals surface area contributed by atoms with E-state index in [9.17, 15) is 14.9 Å². The van der Waals surface area contributed by atoms with Gasteiger partial charge in [-0.15, -0.1) is 10.2 Å². The third-order valence-electron chi connectivity index (χ3n) is 6.17. The van der Waals surface area contributed by atoms with Gasteiger partial charge in [0, 0.05) is 23.4 Å². The fraction of sp³-hybridized carbons (Fsp3) is 0.269. The van der Waals surface area contributed by atoms with Gasteiger partial charge in [0.25, 0.3) is 0 Å². The highest BCUT2D eigenvalue weighted by Crippen LogP contribution is 2.47. The largest absolute Gasteiger partial charge is 0.465 e. The van der Waals surface area contributed by atoms with Crippen molar-refractivity contribution >= 4 is 45.6 Å². The lowest BCUT2D eigenvalue weighted by atomic mass is 9.78. The molecule has 2 aliphatic rings. The highest BCUT2D eigenvalue weighted by molar-refractivity contribution is 8.01. The molecule has 0 bridgehead atoms. The Bertz CT molecular complexity index is 1500. The summed E-state index contributed by atoms with van der Waals surface area (Å²) in [5.41, 5.74) is 9.82. The van der Waals surface area contributed by atoms with Crippen LogP contribution in [0.3, 0.4) is 0 Å². The summed E-state index contributed by atoms with van der Waals surface area (Å²) >= 11 is 2.52. The number of nitrogens with two attached hydrogens (primary N) is 1. The van der Waals surface area contributed by atoms with E-state index in [0.29, 0.717) is 45.8 Å². The third-order valence-corrected chi connectivity index (χ3v) is 8.22. The number of thioether (sulfide) groups is 1. The van der Waals surface area contributed by atoms with Crippen molar-refractivity contribution in [2.45, 2.75) is 43.4 Å². The quantitative estimate of drug-likeness (QED) is 0.429. The Kier molecular flexibility index (Phi) is 6.86. The molecule has 0 fully saturated rings. The molecule has 1 atom stereocenters. The van der Waals surface area contributed by atoms with E-state index in [1.807, 2.05) is 44.2 Å². The minimum atomic E-state index is -0.648. The van der Waals surface area contributed by atoms with Gasteiger partial charge in [-0.2, -0.15) is 5.26 Å². The lowest BCUT2D eigenvalue weighted by molar-refractivity contribution is -0.116. The third kappa shape index (κ3) is 4.90. The predicted octanol–water partition coefficient (Wildman–Crippen LogP) is 4.78. The number of furan rings is 1. The second-order valence-corrected chi connectivity index (χ2v) is 11.0. The van der Waals surface area contributed by atoms with E-state index in [2.05, 4.69) is 21.6 Å². The first-order chi connectivity index (χ1) is 17.9. The molecule has 3 heterocycles. The van der Waals surface area contributed by atoms with Crippen LogP contribution in [0.25, 0.3) is 0 Å². The zero-order chi connectivity index (χ0) is 26.1. The molecule has 0 spiro atoms. The fourth-order valence-electron chi connectivity index (χ4n) is 4.60. The van der Waals surface area contributed by atoms with Crippen molar-refractivity contribution in [3.05, 3.63) is 76.1 Å². The van der Waals surface area contributed by atoms with Crippen LogP contribution in [0.1, 0.15) is 42.3 Å². The van der Waals surface area contributed by atoms with Crippen LogP contribution in [0.15, 0.2) is 67.8 Å². The molecular formula is C26H24N6O3S2. The molecule has 2 aromatic heterocycles. The standard InChI is InChI=1S/C26H24N6O3S2/c1-14-5-3-6-16(11-14)29-21(34)13-36-26-31-30-25(37-26)32-18-7-4-8-19(33)23(18)22(17(12-27)24(32)28)20-10-9-15(2)35-20/h3,5-6,9-11,22H,4,7-8,13,28H2,1-2H3,(H,29,34). The summed E-state index contributed by atoms with van der Waals surface area (Å²) in [4.78, 5) is 27.2. The number of benzene rings is 1. The topological polar surface area (TPSA) is 138 Å². The van der Waals surface area contributed by atoms with Crippen LogP contribution >= 0.6 is 23.1 Å². The number of nitrogens with one attached hydrogen (secondary N) is 1. The molecule has 1 unspecified atom stereocenters. The van der Waals surface area contributed by atoms with Crippen molar-refractivity contribution in [3.8, 4) is 6.07 Å². The van der Waals surface area contributed by atoms with Crippen molar-refractivity contribution < 1.29 is 14.0 Å². The number of carbonyl (C=O) groups is 2. The van der Waals surface area contributed by atoms with Gasteiger partial charge in [0.1, 0.15) is 17.3 Å². The average Bonchev–Trinajstić information content (AvgIpc) is 3.51. The van der Waals surface area contributed by atoms with Gasteiger partial charge in [-0.1, -0.05) is 35.2 Å². The monoisotopic (exact) mass is 532 g/mol. The van der Waals surface area contributed by atoms with Crippen LogP contribution in [0.5, 0.6) is 0 Å². The Morgan fingerprint density at radius 1 is 1.30 bits per heavy atom. The summed E-state index contributed by atoms with van der Waals surface area (Å²) in [5, 5.41) is 21.9. The molecule has 1 aromatic carbocycles. The van der Waals surface area contributed by atoms with Crippen molar-refractivity contribution in [1.82, 2.24) is 10.2 Å². The number of ketones is 1. The number of anilines is 2. The van der Waals surface area contributed by atoms with Gasteiger partial charge < -0.3 is 15.5 Å². The Balaban J connectivity index is 1.41. The van der Waals surface area contributed by atoms with Gasteiger partial charge in [0.15, 0.2) is 10.1 Å². The Hall–Kier alpha value is -3.88. The zero-order valence-corrected chi connectivity index (χ0v) is 21.9. The number of rotatable bonds is 6. The van der Waals surface area contributed by atoms with Crippen LogP contribution < -0.4 is 16.0 Å². The van der Waals surface area contributed by atoms with Crippen LogP contribution in [-0.4, -0.2) is 27.6 Å². The molecule has 1 aliphatic heterocycles. The zero-order valence-electron chi connectivity index (χ0n) is 20.3. The minimum absolute atomic E-state index is 0.0301. The van der Waals surface area contributed by atoms with Gasteiger partial charge in [-0.3, -0.25) is 14.5 Å². The van der Waals surface area contributed by atoms with E-state index >= 15 is 0 Å². The van der Waals surface area contributed by atoms with Crippen LogP contribution in [-0.2, 0) is 9.59 Å². The number of nitriles is 1. The summed E-state index contributed by atoms with van der Waals surface area (Å²) in [7, 11) is 0. The number of hydrogen-bond donors (Lipinski definition) is 2. The summed E-state index contributed by atoms with van der Waals surface area (Å²) in [5.74, 6) is 0.741. The normalized spacial score (nSPS) is 17.6. The SMILES string of the molecule is Cc1cccc(NC(=O)CSc2nnc(N3C(N)=C(C#N)C(c4ccc(C)o4)C4=C3CCCC4=O)s2)c1. The smallest absolute Gasteiger partial charge is 0.234 e. The molecule has 1 amide bonds. The van der Waals surface area contributed by atoms with Gasteiger partial charge in [-0.05, 0) is 56.5 Å².